The second-order valence-electron chi connectivity index (χ2n) is 7.45. The third kappa shape index (κ3) is 4.97. The molecule has 27 heavy (non-hydrogen) atoms. The van der Waals surface area contributed by atoms with Gasteiger partial charge in [-0.15, -0.1) is 0 Å². The summed E-state index contributed by atoms with van der Waals surface area (Å²) in [5.74, 6) is -0.163. The first-order valence-corrected chi connectivity index (χ1v) is 9.78. The van der Waals surface area contributed by atoms with E-state index >= 15 is 0 Å². The Kier molecular flexibility index (Phi) is 6.28. The van der Waals surface area contributed by atoms with Gasteiger partial charge in [0.2, 0.25) is 5.91 Å². The standard InChI is InChI=1S/C23H27NO3/c1-16-20(18-11-13-19(14-12-18)23(26)27)8-5-9-21(16)24-22(25)15-10-17-6-3-2-4-7-17/h5,8-9,11-14,17H,2-4,6-7,10,15H2,1H3,(H,24,25)(H,26,27). The molecule has 3 rings (SSSR count). The van der Waals surface area contributed by atoms with Crippen molar-refractivity contribution in [2.24, 2.45) is 5.92 Å². The van der Waals surface area contributed by atoms with Crippen LogP contribution in [0.1, 0.15) is 60.9 Å². The van der Waals surface area contributed by atoms with Crippen LogP contribution in [0.2, 0.25) is 0 Å². The fourth-order valence-electron chi connectivity index (χ4n) is 3.90. The van der Waals surface area contributed by atoms with Crippen molar-refractivity contribution in [1.82, 2.24) is 0 Å². The molecular weight excluding hydrogens is 338 g/mol. The second-order valence-corrected chi connectivity index (χ2v) is 7.45. The van der Waals surface area contributed by atoms with Crippen molar-refractivity contribution in [3.05, 3.63) is 53.6 Å². The van der Waals surface area contributed by atoms with Crippen LogP contribution in [0.4, 0.5) is 5.69 Å². The summed E-state index contributed by atoms with van der Waals surface area (Å²) in [5.41, 5.74) is 4.02. The maximum Gasteiger partial charge on any atom is 0.335 e. The SMILES string of the molecule is Cc1c(NC(=O)CCC2CCCCC2)cccc1-c1ccc(C(=O)O)cc1. The number of rotatable bonds is 6. The molecular formula is C23H27NO3. The van der Waals surface area contributed by atoms with Crippen LogP contribution >= 0.6 is 0 Å². The molecule has 0 saturated heterocycles. The number of nitrogens with one attached hydrogen (secondary N) is 1. The lowest BCUT2D eigenvalue weighted by molar-refractivity contribution is -0.116. The Morgan fingerprint density at radius 3 is 2.41 bits per heavy atom. The van der Waals surface area contributed by atoms with Crippen LogP contribution in [-0.2, 0) is 4.79 Å². The van der Waals surface area contributed by atoms with Crippen molar-refractivity contribution in [2.75, 3.05) is 5.32 Å². The van der Waals surface area contributed by atoms with Crippen molar-refractivity contribution in [2.45, 2.75) is 51.9 Å². The number of carboxylic acids is 1. The highest BCUT2D eigenvalue weighted by molar-refractivity contribution is 5.93. The van der Waals surface area contributed by atoms with E-state index in [-0.39, 0.29) is 11.5 Å². The van der Waals surface area contributed by atoms with Crippen LogP contribution in [0.3, 0.4) is 0 Å². The molecule has 4 nitrogen and oxygen atoms in total. The minimum Gasteiger partial charge on any atom is -0.478 e. The van der Waals surface area contributed by atoms with E-state index in [1.807, 2.05) is 25.1 Å². The van der Waals surface area contributed by atoms with Crippen LogP contribution in [0, 0.1) is 12.8 Å². The lowest BCUT2D eigenvalue weighted by atomic mass is 9.86. The predicted octanol–water partition coefficient (Wildman–Crippen LogP) is 5.66. The number of aromatic carboxylic acids is 1. The Labute approximate surface area is 160 Å². The third-order valence-corrected chi connectivity index (χ3v) is 5.56. The summed E-state index contributed by atoms with van der Waals surface area (Å²) in [6, 6.07) is 12.6. The van der Waals surface area contributed by atoms with Gasteiger partial charge in [0.25, 0.3) is 0 Å². The molecule has 1 amide bonds. The number of amides is 1. The zero-order valence-electron chi connectivity index (χ0n) is 15.8. The van der Waals surface area contributed by atoms with Gasteiger partial charge in [0, 0.05) is 12.1 Å². The molecule has 0 aromatic heterocycles. The molecule has 4 heteroatoms. The van der Waals surface area contributed by atoms with Crippen LogP contribution in [0.25, 0.3) is 11.1 Å². The summed E-state index contributed by atoms with van der Waals surface area (Å²) in [5, 5.41) is 12.1. The number of carbonyl (C=O) groups excluding carboxylic acids is 1. The van der Waals surface area contributed by atoms with Gasteiger partial charge in [0.15, 0.2) is 0 Å². The van der Waals surface area contributed by atoms with Gasteiger partial charge in [0.05, 0.1) is 5.56 Å². The van der Waals surface area contributed by atoms with Crippen LogP contribution in [0.15, 0.2) is 42.5 Å². The van der Waals surface area contributed by atoms with Crippen molar-refractivity contribution in [1.29, 1.82) is 0 Å². The summed E-state index contributed by atoms with van der Waals surface area (Å²) in [7, 11) is 0. The topological polar surface area (TPSA) is 66.4 Å². The van der Waals surface area contributed by atoms with Crippen molar-refractivity contribution < 1.29 is 14.7 Å². The Bertz CT molecular complexity index is 805. The minimum absolute atomic E-state index is 0.0713. The van der Waals surface area contributed by atoms with Gasteiger partial charge >= 0.3 is 5.97 Å². The Balaban J connectivity index is 1.67. The first kappa shape index (κ1) is 19.2. The largest absolute Gasteiger partial charge is 0.478 e. The molecule has 2 aromatic rings. The van der Waals surface area contributed by atoms with E-state index in [1.54, 1.807) is 24.3 Å². The van der Waals surface area contributed by atoms with Gasteiger partial charge in [-0.2, -0.15) is 0 Å². The average molecular weight is 365 g/mol. The molecule has 2 aromatic carbocycles. The summed E-state index contributed by atoms with van der Waals surface area (Å²) in [6.45, 7) is 1.98. The number of carboxylic acid groups (broad SMARTS) is 1. The quantitative estimate of drug-likeness (QED) is 0.694. The fourth-order valence-corrected chi connectivity index (χ4v) is 3.90. The van der Waals surface area contributed by atoms with E-state index in [0.29, 0.717) is 12.3 Å². The lowest BCUT2D eigenvalue weighted by Crippen LogP contribution is -2.15. The normalized spacial score (nSPS) is 14.7. The molecule has 1 aliphatic carbocycles. The van der Waals surface area contributed by atoms with Gasteiger partial charge in [-0.1, -0.05) is 56.4 Å². The number of anilines is 1. The molecule has 0 heterocycles. The second kappa shape index (κ2) is 8.85. The van der Waals surface area contributed by atoms with Crippen molar-refractivity contribution in [3.8, 4) is 11.1 Å². The highest BCUT2D eigenvalue weighted by Crippen LogP contribution is 2.30. The first-order valence-electron chi connectivity index (χ1n) is 9.78. The maximum atomic E-state index is 12.4. The van der Waals surface area contributed by atoms with Gasteiger partial charge in [0.1, 0.15) is 0 Å². The monoisotopic (exact) mass is 365 g/mol. The van der Waals surface area contributed by atoms with Gasteiger partial charge in [-0.3, -0.25) is 4.79 Å². The molecule has 142 valence electrons. The zero-order chi connectivity index (χ0) is 19.2. The average Bonchev–Trinajstić information content (AvgIpc) is 2.69. The summed E-state index contributed by atoms with van der Waals surface area (Å²) in [6.07, 6.45) is 8.00. The molecule has 0 radical (unpaired) electrons. The predicted molar refractivity (Wildman–Crippen MR) is 108 cm³/mol. The van der Waals surface area contributed by atoms with E-state index in [9.17, 15) is 9.59 Å². The molecule has 2 N–H and O–H groups in total. The van der Waals surface area contributed by atoms with E-state index in [2.05, 4.69) is 5.32 Å². The molecule has 1 saturated carbocycles. The Morgan fingerprint density at radius 1 is 1.04 bits per heavy atom. The Hall–Kier alpha value is -2.62. The molecule has 0 atom stereocenters. The number of hydrogen-bond acceptors (Lipinski definition) is 2. The molecule has 0 bridgehead atoms. The third-order valence-electron chi connectivity index (χ3n) is 5.56. The van der Waals surface area contributed by atoms with E-state index in [0.717, 1.165) is 28.8 Å². The van der Waals surface area contributed by atoms with Crippen LogP contribution in [0.5, 0.6) is 0 Å². The first-order chi connectivity index (χ1) is 13.0. The lowest BCUT2D eigenvalue weighted by Gasteiger charge is -2.21. The highest BCUT2D eigenvalue weighted by atomic mass is 16.4. The van der Waals surface area contributed by atoms with Gasteiger partial charge in [-0.05, 0) is 54.2 Å². The highest BCUT2D eigenvalue weighted by Gasteiger charge is 2.15. The van der Waals surface area contributed by atoms with Crippen molar-refractivity contribution >= 4 is 17.6 Å². The van der Waals surface area contributed by atoms with Crippen LogP contribution in [-0.4, -0.2) is 17.0 Å². The number of hydrogen-bond donors (Lipinski definition) is 2. The van der Waals surface area contributed by atoms with E-state index in [1.165, 1.54) is 32.1 Å². The molecule has 0 unspecified atom stereocenters. The molecule has 1 fully saturated rings. The van der Waals surface area contributed by atoms with Gasteiger partial charge < -0.3 is 10.4 Å². The molecule has 0 aliphatic heterocycles. The summed E-state index contributed by atoms with van der Waals surface area (Å²) >= 11 is 0. The van der Waals surface area contributed by atoms with E-state index in [4.69, 9.17) is 5.11 Å². The number of carbonyl (C=O) groups is 2. The molecule has 0 spiro atoms. The summed E-state index contributed by atoms with van der Waals surface area (Å²) < 4.78 is 0. The zero-order valence-corrected chi connectivity index (χ0v) is 15.8. The molecule has 1 aliphatic rings. The maximum absolute atomic E-state index is 12.4. The van der Waals surface area contributed by atoms with Crippen molar-refractivity contribution in [3.63, 3.8) is 0 Å². The Morgan fingerprint density at radius 2 is 1.74 bits per heavy atom. The summed E-state index contributed by atoms with van der Waals surface area (Å²) in [4.78, 5) is 23.4. The smallest absolute Gasteiger partial charge is 0.335 e. The number of benzene rings is 2. The fraction of sp³-hybridized carbons (Fsp3) is 0.391. The van der Waals surface area contributed by atoms with Gasteiger partial charge in [-0.25, -0.2) is 4.79 Å². The van der Waals surface area contributed by atoms with Crippen LogP contribution < -0.4 is 5.32 Å². The minimum atomic E-state index is -0.933. The van der Waals surface area contributed by atoms with E-state index < -0.39 is 5.97 Å².